The van der Waals surface area contributed by atoms with Crippen LogP contribution in [-0.2, 0) is 13.0 Å². The highest BCUT2D eigenvalue weighted by atomic mass is 16.5. The predicted octanol–water partition coefficient (Wildman–Crippen LogP) is 1.18. The molecule has 0 aromatic carbocycles. The monoisotopic (exact) mass is 209 g/mol. The molecule has 0 saturated carbocycles. The summed E-state index contributed by atoms with van der Waals surface area (Å²) in [6.45, 7) is 5.58. The van der Waals surface area contributed by atoms with Gasteiger partial charge in [-0.2, -0.15) is 5.10 Å². The minimum Gasteiger partial charge on any atom is -0.493 e. The number of hydrogen-bond acceptors (Lipinski definition) is 3. The Bertz CT molecular complexity index is 318. The molecule has 0 aliphatic heterocycles. The van der Waals surface area contributed by atoms with Gasteiger partial charge >= 0.3 is 0 Å². The molecule has 0 unspecified atom stereocenters. The zero-order chi connectivity index (χ0) is 11.3. The average Bonchev–Trinajstić information content (AvgIpc) is 2.58. The summed E-state index contributed by atoms with van der Waals surface area (Å²) in [5, 5.41) is 4.29. The molecule has 84 valence electrons. The van der Waals surface area contributed by atoms with E-state index in [1.165, 1.54) is 0 Å². The number of hydrogen-bond donors (Lipinski definition) is 0. The first kappa shape index (κ1) is 11.8. The topological polar surface area (TPSA) is 30.3 Å². The van der Waals surface area contributed by atoms with E-state index < -0.39 is 0 Å². The van der Waals surface area contributed by atoms with Crippen LogP contribution in [0.3, 0.4) is 0 Å². The lowest BCUT2D eigenvalue weighted by Crippen LogP contribution is -2.20. The molecule has 0 N–H and O–H groups in total. The van der Waals surface area contributed by atoms with Crippen molar-refractivity contribution in [3.63, 3.8) is 0 Å². The van der Waals surface area contributed by atoms with E-state index in [9.17, 15) is 0 Å². The molecule has 0 spiro atoms. The molecule has 1 rings (SSSR count). The van der Waals surface area contributed by atoms with E-state index in [0.717, 1.165) is 31.0 Å². The van der Waals surface area contributed by atoms with Gasteiger partial charge in [-0.1, -0.05) is 6.08 Å². The molecule has 0 saturated heterocycles. The summed E-state index contributed by atoms with van der Waals surface area (Å²) >= 11 is 0. The van der Waals surface area contributed by atoms with Crippen LogP contribution in [-0.4, -0.2) is 42.4 Å². The second kappa shape index (κ2) is 5.56. The molecular formula is C11H19N3O. The lowest BCUT2D eigenvalue weighted by atomic mass is 10.3. The van der Waals surface area contributed by atoms with Gasteiger partial charge in [-0.15, -0.1) is 6.58 Å². The van der Waals surface area contributed by atoms with Crippen LogP contribution >= 0.6 is 0 Å². The summed E-state index contributed by atoms with van der Waals surface area (Å²) in [5.74, 6) is 0.841. The molecule has 15 heavy (non-hydrogen) atoms. The van der Waals surface area contributed by atoms with Gasteiger partial charge in [0.25, 0.3) is 0 Å². The standard InChI is InChI=1S/C11H19N3O/c1-5-6-10-11(15-4)9-12-14(10)8-7-13(2)3/h5,9H,1,6-8H2,2-4H3. The van der Waals surface area contributed by atoms with Gasteiger partial charge in [-0.25, -0.2) is 0 Å². The largest absolute Gasteiger partial charge is 0.493 e. The molecule has 4 heteroatoms. The van der Waals surface area contributed by atoms with Crippen molar-refractivity contribution in [3.05, 3.63) is 24.5 Å². The number of nitrogens with zero attached hydrogens (tertiary/aromatic N) is 3. The summed E-state index contributed by atoms with van der Waals surface area (Å²) in [6.07, 6.45) is 4.41. The fourth-order valence-electron chi connectivity index (χ4n) is 1.39. The van der Waals surface area contributed by atoms with E-state index >= 15 is 0 Å². The van der Waals surface area contributed by atoms with E-state index in [1.54, 1.807) is 13.3 Å². The number of aromatic nitrogens is 2. The van der Waals surface area contributed by atoms with Crippen molar-refractivity contribution in [1.82, 2.24) is 14.7 Å². The molecule has 1 aromatic heterocycles. The van der Waals surface area contributed by atoms with Crippen molar-refractivity contribution < 1.29 is 4.74 Å². The summed E-state index contributed by atoms with van der Waals surface area (Å²) in [4.78, 5) is 2.13. The van der Waals surface area contributed by atoms with Crippen LogP contribution in [0.2, 0.25) is 0 Å². The minimum absolute atomic E-state index is 0.788. The number of allylic oxidation sites excluding steroid dienone is 1. The fourth-order valence-corrected chi connectivity index (χ4v) is 1.39. The van der Waals surface area contributed by atoms with E-state index in [-0.39, 0.29) is 0 Å². The third-order valence-corrected chi connectivity index (χ3v) is 2.23. The van der Waals surface area contributed by atoms with Gasteiger partial charge in [-0.05, 0) is 14.1 Å². The molecule has 1 heterocycles. The second-order valence-electron chi connectivity index (χ2n) is 3.68. The first-order valence-electron chi connectivity index (χ1n) is 5.03. The number of rotatable bonds is 6. The third kappa shape index (κ3) is 3.09. The minimum atomic E-state index is 0.788. The highest BCUT2D eigenvalue weighted by Crippen LogP contribution is 2.18. The number of methoxy groups -OCH3 is 1. The van der Waals surface area contributed by atoms with E-state index in [1.807, 2.05) is 24.9 Å². The van der Waals surface area contributed by atoms with E-state index in [0.29, 0.717) is 0 Å². The highest BCUT2D eigenvalue weighted by Gasteiger charge is 2.09. The van der Waals surface area contributed by atoms with Crippen LogP contribution in [0.15, 0.2) is 18.9 Å². The lowest BCUT2D eigenvalue weighted by molar-refractivity contribution is 0.367. The van der Waals surface area contributed by atoms with Crippen molar-refractivity contribution in [2.45, 2.75) is 13.0 Å². The molecule has 0 amide bonds. The smallest absolute Gasteiger partial charge is 0.160 e. The van der Waals surface area contributed by atoms with Crippen LogP contribution in [0.25, 0.3) is 0 Å². The van der Waals surface area contributed by atoms with Crippen molar-refractivity contribution in [1.29, 1.82) is 0 Å². The van der Waals surface area contributed by atoms with E-state index in [2.05, 4.69) is 16.6 Å². The highest BCUT2D eigenvalue weighted by molar-refractivity contribution is 5.26. The zero-order valence-electron chi connectivity index (χ0n) is 9.73. The van der Waals surface area contributed by atoms with Crippen LogP contribution < -0.4 is 4.74 Å². The third-order valence-electron chi connectivity index (χ3n) is 2.23. The van der Waals surface area contributed by atoms with Crippen LogP contribution in [0.5, 0.6) is 5.75 Å². The maximum atomic E-state index is 5.24. The van der Waals surface area contributed by atoms with Crippen LogP contribution in [0.1, 0.15) is 5.69 Å². The van der Waals surface area contributed by atoms with Gasteiger partial charge in [0.2, 0.25) is 0 Å². The summed E-state index contributed by atoms with van der Waals surface area (Å²) in [5.41, 5.74) is 1.09. The molecule has 0 atom stereocenters. The molecule has 1 aromatic rings. The Morgan fingerprint density at radius 2 is 2.33 bits per heavy atom. The number of likely N-dealkylation sites (N-methyl/N-ethyl adjacent to an activating group) is 1. The Hall–Kier alpha value is -1.29. The first-order valence-corrected chi connectivity index (χ1v) is 5.03. The van der Waals surface area contributed by atoms with Gasteiger partial charge in [-0.3, -0.25) is 4.68 Å². The van der Waals surface area contributed by atoms with Gasteiger partial charge in [0, 0.05) is 13.0 Å². The Labute approximate surface area is 91.1 Å². The van der Waals surface area contributed by atoms with Crippen molar-refractivity contribution >= 4 is 0 Å². The predicted molar refractivity (Wildman–Crippen MR) is 61.2 cm³/mol. The molecule has 0 aliphatic carbocycles. The Morgan fingerprint density at radius 3 is 2.87 bits per heavy atom. The quantitative estimate of drug-likeness (QED) is 0.659. The molecule has 0 fully saturated rings. The van der Waals surface area contributed by atoms with Crippen LogP contribution in [0.4, 0.5) is 0 Å². The Balaban J connectivity index is 2.77. The summed E-state index contributed by atoms with van der Waals surface area (Å²) < 4.78 is 7.21. The van der Waals surface area contributed by atoms with Crippen molar-refractivity contribution in [3.8, 4) is 5.75 Å². The molecule has 4 nitrogen and oxygen atoms in total. The summed E-state index contributed by atoms with van der Waals surface area (Å²) in [7, 11) is 5.77. The molecule has 0 bridgehead atoms. The number of ether oxygens (including phenoxy) is 1. The average molecular weight is 209 g/mol. The van der Waals surface area contributed by atoms with Crippen LogP contribution in [0, 0.1) is 0 Å². The van der Waals surface area contributed by atoms with Gasteiger partial charge < -0.3 is 9.64 Å². The Kier molecular flexibility index (Phi) is 4.37. The van der Waals surface area contributed by atoms with Gasteiger partial charge in [0.05, 0.1) is 25.5 Å². The normalized spacial score (nSPS) is 10.7. The summed E-state index contributed by atoms with van der Waals surface area (Å²) in [6, 6.07) is 0. The molecule has 0 radical (unpaired) electrons. The fraction of sp³-hybridized carbons (Fsp3) is 0.545. The van der Waals surface area contributed by atoms with Gasteiger partial charge in [0.1, 0.15) is 0 Å². The maximum Gasteiger partial charge on any atom is 0.160 e. The van der Waals surface area contributed by atoms with Crippen molar-refractivity contribution in [2.75, 3.05) is 27.7 Å². The lowest BCUT2D eigenvalue weighted by Gasteiger charge is -2.11. The second-order valence-corrected chi connectivity index (χ2v) is 3.68. The SMILES string of the molecule is C=CCc1c(OC)cnn1CCN(C)C. The molecule has 0 aliphatic rings. The first-order chi connectivity index (χ1) is 7.19. The molecular weight excluding hydrogens is 190 g/mol. The van der Waals surface area contributed by atoms with Crippen molar-refractivity contribution in [2.24, 2.45) is 0 Å². The Morgan fingerprint density at radius 1 is 1.60 bits per heavy atom. The van der Waals surface area contributed by atoms with Gasteiger partial charge in [0.15, 0.2) is 5.75 Å². The zero-order valence-corrected chi connectivity index (χ0v) is 9.73. The van der Waals surface area contributed by atoms with E-state index in [4.69, 9.17) is 4.74 Å². The maximum absolute atomic E-state index is 5.24.